The van der Waals surface area contributed by atoms with Crippen LogP contribution in [-0.2, 0) is 4.74 Å². The molecule has 1 heteroatoms. The van der Waals surface area contributed by atoms with E-state index in [0.29, 0.717) is 6.10 Å². The Morgan fingerprint density at radius 3 is 2.53 bits per heavy atom. The Labute approximate surface area is 93.9 Å². The van der Waals surface area contributed by atoms with Gasteiger partial charge in [0.2, 0.25) is 0 Å². The Bertz CT molecular complexity index is 246. The highest BCUT2D eigenvalue weighted by Crippen LogP contribution is 2.49. The molecule has 0 aromatic rings. The van der Waals surface area contributed by atoms with Gasteiger partial charge in [-0.1, -0.05) is 30.9 Å². The van der Waals surface area contributed by atoms with Crippen molar-refractivity contribution in [3.8, 4) is 0 Å². The Hall–Kier alpha value is -0.300. The van der Waals surface area contributed by atoms with E-state index < -0.39 is 0 Å². The fourth-order valence-corrected chi connectivity index (χ4v) is 2.93. The van der Waals surface area contributed by atoms with Crippen LogP contribution in [0, 0.1) is 5.92 Å². The first-order valence-electron chi connectivity index (χ1n) is 6.44. The summed E-state index contributed by atoms with van der Waals surface area (Å²) in [4.78, 5) is 0. The molecular weight excluding hydrogens is 184 g/mol. The highest BCUT2D eigenvalue weighted by Gasteiger charge is 2.56. The van der Waals surface area contributed by atoms with E-state index in [4.69, 9.17) is 4.74 Å². The van der Waals surface area contributed by atoms with Crippen molar-refractivity contribution >= 4 is 0 Å². The zero-order valence-electron chi connectivity index (χ0n) is 10.4. The van der Waals surface area contributed by atoms with Crippen molar-refractivity contribution in [2.75, 3.05) is 0 Å². The SMILES string of the molecule is CC(C)=CCC1OC1(C)C1CCCCC1. The summed E-state index contributed by atoms with van der Waals surface area (Å²) in [6.45, 7) is 6.66. The normalized spacial score (nSPS) is 36.3. The van der Waals surface area contributed by atoms with Gasteiger partial charge in [0.25, 0.3) is 0 Å². The second kappa shape index (κ2) is 4.29. The van der Waals surface area contributed by atoms with E-state index in [1.807, 2.05) is 0 Å². The monoisotopic (exact) mass is 208 g/mol. The zero-order chi connectivity index (χ0) is 10.9. The summed E-state index contributed by atoms with van der Waals surface area (Å²) >= 11 is 0. The molecule has 2 atom stereocenters. The molecule has 86 valence electrons. The van der Waals surface area contributed by atoms with Crippen LogP contribution in [0.25, 0.3) is 0 Å². The minimum Gasteiger partial charge on any atom is -0.366 e. The summed E-state index contributed by atoms with van der Waals surface area (Å²) in [6, 6.07) is 0. The van der Waals surface area contributed by atoms with Gasteiger partial charge < -0.3 is 4.74 Å². The van der Waals surface area contributed by atoms with Gasteiger partial charge in [0, 0.05) is 0 Å². The quantitative estimate of drug-likeness (QED) is 0.503. The van der Waals surface area contributed by atoms with Gasteiger partial charge in [-0.05, 0) is 46.0 Å². The van der Waals surface area contributed by atoms with Gasteiger partial charge in [-0.3, -0.25) is 0 Å². The first kappa shape index (κ1) is 11.2. The average Bonchev–Trinajstić information content (AvgIpc) is 2.90. The standard InChI is InChI=1S/C14H24O/c1-11(2)9-10-13-14(3,15-13)12-7-5-4-6-8-12/h9,12-13H,4-8,10H2,1-3H3. The molecule has 0 aromatic carbocycles. The molecule has 1 nitrogen and oxygen atoms in total. The van der Waals surface area contributed by atoms with E-state index in [1.54, 1.807) is 0 Å². The van der Waals surface area contributed by atoms with Crippen molar-refractivity contribution in [1.29, 1.82) is 0 Å². The van der Waals surface area contributed by atoms with Crippen LogP contribution in [0.1, 0.15) is 59.3 Å². The molecule has 2 aliphatic rings. The maximum Gasteiger partial charge on any atom is 0.0951 e. The Morgan fingerprint density at radius 1 is 1.27 bits per heavy atom. The molecule has 0 aromatic heterocycles. The molecule has 1 saturated carbocycles. The summed E-state index contributed by atoms with van der Waals surface area (Å²) in [5, 5.41) is 0. The van der Waals surface area contributed by atoms with E-state index in [2.05, 4.69) is 26.8 Å². The second-order valence-electron chi connectivity index (χ2n) is 5.64. The van der Waals surface area contributed by atoms with Crippen molar-refractivity contribution < 1.29 is 4.74 Å². The van der Waals surface area contributed by atoms with Crippen LogP contribution >= 0.6 is 0 Å². The van der Waals surface area contributed by atoms with Gasteiger partial charge in [-0.2, -0.15) is 0 Å². The highest BCUT2D eigenvalue weighted by molar-refractivity contribution is 5.08. The van der Waals surface area contributed by atoms with Crippen molar-refractivity contribution in [1.82, 2.24) is 0 Å². The van der Waals surface area contributed by atoms with E-state index in [-0.39, 0.29) is 5.60 Å². The fourth-order valence-electron chi connectivity index (χ4n) is 2.93. The summed E-state index contributed by atoms with van der Waals surface area (Å²) in [5.74, 6) is 0.835. The van der Waals surface area contributed by atoms with Crippen LogP contribution in [0.2, 0.25) is 0 Å². The largest absolute Gasteiger partial charge is 0.366 e. The molecule has 2 fully saturated rings. The van der Waals surface area contributed by atoms with Gasteiger partial charge in [-0.15, -0.1) is 0 Å². The van der Waals surface area contributed by atoms with Gasteiger partial charge in [-0.25, -0.2) is 0 Å². The summed E-state index contributed by atoms with van der Waals surface area (Å²) < 4.78 is 5.95. The molecule has 0 N–H and O–H groups in total. The molecule has 0 bridgehead atoms. The number of hydrogen-bond acceptors (Lipinski definition) is 1. The molecule has 2 rings (SSSR count). The minimum absolute atomic E-state index is 0.229. The first-order chi connectivity index (χ1) is 7.13. The third kappa shape index (κ3) is 2.44. The summed E-state index contributed by atoms with van der Waals surface area (Å²) in [7, 11) is 0. The van der Waals surface area contributed by atoms with Crippen LogP contribution < -0.4 is 0 Å². The second-order valence-corrected chi connectivity index (χ2v) is 5.64. The lowest BCUT2D eigenvalue weighted by atomic mass is 9.78. The highest BCUT2D eigenvalue weighted by atomic mass is 16.6. The number of epoxide rings is 1. The lowest BCUT2D eigenvalue weighted by Crippen LogP contribution is -2.25. The summed E-state index contributed by atoms with van der Waals surface area (Å²) in [5.41, 5.74) is 1.64. The Kier molecular flexibility index (Phi) is 3.20. The van der Waals surface area contributed by atoms with Gasteiger partial charge in [0.05, 0.1) is 11.7 Å². The van der Waals surface area contributed by atoms with E-state index >= 15 is 0 Å². The molecule has 1 aliphatic heterocycles. The molecule has 1 aliphatic carbocycles. The van der Waals surface area contributed by atoms with Crippen LogP contribution in [0.4, 0.5) is 0 Å². The fraction of sp³-hybridized carbons (Fsp3) is 0.857. The Balaban J connectivity index is 1.85. The lowest BCUT2D eigenvalue weighted by Gasteiger charge is -2.25. The molecule has 0 spiro atoms. The number of hydrogen-bond donors (Lipinski definition) is 0. The minimum atomic E-state index is 0.229. The zero-order valence-corrected chi connectivity index (χ0v) is 10.4. The third-order valence-corrected chi connectivity index (χ3v) is 4.13. The van der Waals surface area contributed by atoms with E-state index in [9.17, 15) is 0 Å². The smallest absolute Gasteiger partial charge is 0.0951 e. The molecule has 2 unspecified atom stereocenters. The van der Waals surface area contributed by atoms with Crippen LogP contribution in [0.5, 0.6) is 0 Å². The average molecular weight is 208 g/mol. The number of ether oxygens (including phenoxy) is 1. The number of allylic oxidation sites excluding steroid dienone is 1. The van der Waals surface area contributed by atoms with Crippen LogP contribution in [-0.4, -0.2) is 11.7 Å². The number of rotatable bonds is 3. The maximum absolute atomic E-state index is 5.95. The Morgan fingerprint density at radius 2 is 1.93 bits per heavy atom. The van der Waals surface area contributed by atoms with E-state index in [0.717, 1.165) is 12.3 Å². The van der Waals surface area contributed by atoms with Gasteiger partial charge >= 0.3 is 0 Å². The maximum atomic E-state index is 5.95. The molecule has 0 radical (unpaired) electrons. The van der Waals surface area contributed by atoms with Gasteiger partial charge in [0.15, 0.2) is 0 Å². The molecule has 15 heavy (non-hydrogen) atoms. The third-order valence-electron chi connectivity index (χ3n) is 4.13. The predicted octanol–water partition coefficient (Wildman–Crippen LogP) is 4.08. The molecule has 0 amide bonds. The van der Waals surface area contributed by atoms with Crippen LogP contribution in [0.3, 0.4) is 0 Å². The first-order valence-corrected chi connectivity index (χ1v) is 6.44. The van der Waals surface area contributed by atoms with E-state index in [1.165, 1.54) is 37.7 Å². The lowest BCUT2D eigenvalue weighted by molar-refractivity contribution is 0.188. The predicted molar refractivity (Wildman–Crippen MR) is 63.9 cm³/mol. The van der Waals surface area contributed by atoms with Crippen molar-refractivity contribution in [3.63, 3.8) is 0 Å². The molecular formula is C14H24O. The molecule has 1 saturated heterocycles. The van der Waals surface area contributed by atoms with Crippen molar-refractivity contribution in [2.45, 2.75) is 71.0 Å². The molecule has 1 heterocycles. The van der Waals surface area contributed by atoms with Crippen molar-refractivity contribution in [2.24, 2.45) is 5.92 Å². The topological polar surface area (TPSA) is 12.5 Å². The van der Waals surface area contributed by atoms with Crippen LogP contribution in [0.15, 0.2) is 11.6 Å². The summed E-state index contributed by atoms with van der Waals surface area (Å²) in [6.07, 6.45) is 11.0. The van der Waals surface area contributed by atoms with Crippen molar-refractivity contribution in [3.05, 3.63) is 11.6 Å². The van der Waals surface area contributed by atoms with Gasteiger partial charge in [0.1, 0.15) is 0 Å².